The molecule has 1 aliphatic heterocycles. The fourth-order valence-corrected chi connectivity index (χ4v) is 3.43. The van der Waals surface area contributed by atoms with Gasteiger partial charge in [0.1, 0.15) is 17.1 Å². The maximum Gasteiger partial charge on any atom is 0.258 e. The lowest BCUT2D eigenvalue weighted by Crippen LogP contribution is -2.42. The lowest BCUT2D eigenvalue weighted by Gasteiger charge is -2.38. The maximum atomic E-state index is 12.4. The van der Waals surface area contributed by atoms with Crippen molar-refractivity contribution >= 4 is 21.8 Å². The topological polar surface area (TPSA) is 47.6 Å². The third-order valence-corrected chi connectivity index (χ3v) is 5.35. The molecule has 0 fully saturated rings. The second-order valence-corrected chi connectivity index (χ2v) is 8.28. The van der Waals surface area contributed by atoms with Crippen LogP contribution in [0.25, 0.3) is 0 Å². The number of ether oxygens (including phenoxy) is 2. The van der Waals surface area contributed by atoms with Crippen molar-refractivity contribution in [2.24, 2.45) is 0 Å². The summed E-state index contributed by atoms with van der Waals surface area (Å²) >= 11 is 3.46. The molecule has 0 saturated heterocycles. The Morgan fingerprint density at radius 1 is 1.27 bits per heavy atom. The third kappa shape index (κ3) is 4.39. The molecule has 0 saturated carbocycles. The van der Waals surface area contributed by atoms with Crippen LogP contribution in [0.5, 0.6) is 11.5 Å². The van der Waals surface area contributed by atoms with Crippen LogP contribution in [0.1, 0.15) is 43.0 Å². The normalized spacial score (nSPS) is 17.8. The molecule has 1 N–H and O–H groups in total. The van der Waals surface area contributed by atoms with Gasteiger partial charge < -0.3 is 14.8 Å². The number of rotatable bonds is 4. The molecule has 0 radical (unpaired) electrons. The first-order chi connectivity index (χ1) is 12.2. The molecular formula is C21H24BrNO3. The Kier molecular flexibility index (Phi) is 5.28. The number of carbonyl (C=O) groups excluding carboxylic acids is 1. The van der Waals surface area contributed by atoms with Crippen molar-refractivity contribution in [1.82, 2.24) is 5.32 Å². The van der Waals surface area contributed by atoms with Crippen LogP contribution in [0.4, 0.5) is 0 Å². The first-order valence-corrected chi connectivity index (χ1v) is 9.51. The molecule has 5 heteroatoms. The first-order valence-electron chi connectivity index (χ1n) is 8.71. The van der Waals surface area contributed by atoms with Gasteiger partial charge in [-0.1, -0.05) is 28.1 Å². The van der Waals surface area contributed by atoms with Gasteiger partial charge >= 0.3 is 0 Å². The lowest BCUT2D eigenvalue weighted by atomic mass is 9.89. The molecule has 0 unspecified atom stereocenters. The summed E-state index contributed by atoms with van der Waals surface area (Å²) in [5.41, 5.74) is 2.89. The Balaban J connectivity index is 1.68. The van der Waals surface area contributed by atoms with E-state index in [-0.39, 0.29) is 24.2 Å². The minimum absolute atomic E-state index is 0.0138. The van der Waals surface area contributed by atoms with Crippen LogP contribution >= 0.6 is 15.9 Å². The number of hydrogen-bond donors (Lipinski definition) is 1. The summed E-state index contributed by atoms with van der Waals surface area (Å²) in [6.45, 7) is 8.09. The number of nitrogens with one attached hydrogen (secondary N) is 1. The van der Waals surface area contributed by atoms with E-state index in [4.69, 9.17) is 9.47 Å². The van der Waals surface area contributed by atoms with E-state index >= 15 is 0 Å². The molecule has 1 aliphatic rings. The fraction of sp³-hybridized carbons (Fsp3) is 0.381. The highest BCUT2D eigenvalue weighted by atomic mass is 79.9. The Morgan fingerprint density at radius 3 is 2.77 bits per heavy atom. The van der Waals surface area contributed by atoms with E-state index in [0.717, 1.165) is 26.9 Å². The first kappa shape index (κ1) is 18.8. The summed E-state index contributed by atoms with van der Waals surface area (Å²) < 4.78 is 12.7. The molecule has 1 amide bonds. The monoisotopic (exact) mass is 417 g/mol. The van der Waals surface area contributed by atoms with Crippen molar-refractivity contribution in [3.05, 3.63) is 57.6 Å². The van der Waals surface area contributed by atoms with E-state index in [1.807, 2.05) is 64.1 Å². The standard InChI is InChI=1S/C21H24BrNO3/c1-13-5-7-16-18(11-21(3,4)26-19(16)9-13)23-20(24)12-25-15-6-8-17(22)14(2)10-15/h5-10,18H,11-12H2,1-4H3,(H,23,24)/t18-/m1/s1. The predicted octanol–water partition coefficient (Wildman–Crippen LogP) is 4.86. The lowest BCUT2D eigenvalue weighted by molar-refractivity contribution is -0.124. The van der Waals surface area contributed by atoms with Crippen molar-refractivity contribution in [1.29, 1.82) is 0 Å². The van der Waals surface area contributed by atoms with Crippen LogP contribution in [0.3, 0.4) is 0 Å². The largest absolute Gasteiger partial charge is 0.487 e. The molecule has 4 nitrogen and oxygen atoms in total. The summed E-state index contributed by atoms with van der Waals surface area (Å²) in [4.78, 5) is 12.4. The molecule has 2 aromatic carbocycles. The van der Waals surface area contributed by atoms with E-state index in [1.54, 1.807) is 0 Å². The molecule has 26 heavy (non-hydrogen) atoms. The van der Waals surface area contributed by atoms with Gasteiger partial charge in [0.25, 0.3) is 5.91 Å². The number of carbonyl (C=O) groups is 1. The molecule has 0 aliphatic carbocycles. The summed E-state index contributed by atoms with van der Waals surface area (Å²) in [7, 11) is 0. The van der Waals surface area contributed by atoms with Crippen LogP contribution in [-0.4, -0.2) is 18.1 Å². The summed E-state index contributed by atoms with van der Waals surface area (Å²) in [5.74, 6) is 1.39. The molecule has 0 spiro atoms. The average molecular weight is 418 g/mol. The molecule has 1 heterocycles. The van der Waals surface area contributed by atoms with Gasteiger partial charge in [-0.3, -0.25) is 4.79 Å². The average Bonchev–Trinajstić information content (AvgIpc) is 2.54. The Labute approximate surface area is 163 Å². The quantitative estimate of drug-likeness (QED) is 0.771. The Bertz CT molecular complexity index is 832. The minimum Gasteiger partial charge on any atom is -0.487 e. The van der Waals surface area contributed by atoms with Crippen LogP contribution in [0.15, 0.2) is 40.9 Å². The van der Waals surface area contributed by atoms with Crippen molar-refractivity contribution < 1.29 is 14.3 Å². The molecule has 3 rings (SSSR count). The van der Waals surface area contributed by atoms with Crippen molar-refractivity contribution in [2.45, 2.75) is 45.8 Å². The van der Waals surface area contributed by atoms with E-state index in [2.05, 4.69) is 21.2 Å². The van der Waals surface area contributed by atoms with Crippen molar-refractivity contribution in [3.63, 3.8) is 0 Å². The highest BCUT2D eigenvalue weighted by Crippen LogP contribution is 2.39. The van der Waals surface area contributed by atoms with Crippen molar-refractivity contribution in [2.75, 3.05) is 6.61 Å². The zero-order valence-electron chi connectivity index (χ0n) is 15.6. The molecule has 138 valence electrons. The highest BCUT2D eigenvalue weighted by molar-refractivity contribution is 9.10. The van der Waals surface area contributed by atoms with Gasteiger partial charge in [-0.2, -0.15) is 0 Å². The van der Waals surface area contributed by atoms with Crippen molar-refractivity contribution in [3.8, 4) is 11.5 Å². The molecule has 2 aromatic rings. The van der Waals surface area contributed by atoms with Gasteiger partial charge in [0.05, 0.1) is 6.04 Å². The molecule has 0 bridgehead atoms. The smallest absolute Gasteiger partial charge is 0.258 e. The maximum absolute atomic E-state index is 12.4. The zero-order chi connectivity index (χ0) is 18.9. The van der Waals surface area contributed by atoms with Gasteiger partial charge in [0, 0.05) is 16.5 Å². The summed E-state index contributed by atoms with van der Waals surface area (Å²) in [6.07, 6.45) is 0.714. The second-order valence-electron chi connectivity index (χ2n) is 7.43. The number of amides is 1. The molecular weight excluding hydrogens is 394 g/mol. The number of benzene rings is 2. The second kappa shape index (κ2) is 7.31. The SMILES string of the molecule is Cc1ccc2c(c1)OC(C)(C)C[C@H]2NC(=O)COc1ccc(Br)c(C)c1. The number of halogens is 1. The summed E-state index contributed by atoms with van der Waals surface area (Å²) in [5, 5.41) is 3.09. The van der Waals surface area contributed by atoms with E-state index < -0.39 is 0 Å². The van der Waals surface area contributed by atoms with Gasteiger partial charge in [-0.15, -0.1) is 0 Å². The number of fused-ring (bicyclic) bond motifs is 1. The molecule has 0 aromatic heterocycles. The minimum atomic E-state index is -0.331. The molecule has 1 atom stereocenters. The Hall–Kier alpha value is -2.01. The summed E-state index contributed by atoms with van der Waals surface area (Å²) in [6, 6.07) is 11.7. The zero-order valence-corrected chi connectivity index (χ0v) is 17.1. The van der Waals surface area contributed by atoms with Gasteiger partial charge in [0.2, 0.25) is 0 Å². The van der Waals surface area contributed by atoms with E-state index in [0.29, 0.717) is 12.2 Å². The van der Waals surface area contributed by atoms with Gasteiger partial charge in [-0.25, -0.2) is 0 Å². The van der Waals surface area contributed by atoms with E-state index in [9.17, 15) is 4.79 Å². The number of hydrogen-bond acceptors (Lipinski definition) is 3. The van der Waals surface area contributed by atoms with Crippen LogP contribution in [-0.2, 0) is 4.79 Å². The third-order valence-electron chi connectivity index (χ3n) is 4.46. The van der Waals surface area contributed by atoms with Gasteiger partial charge in [-0.05, 0) is 63.1 Å². The number of aryl methyl sites for hydroxylation is 2. The van der Waals surface area contributed by atoms with Crippen LogP contribution in [0.2, 0.25) is 0 Å². The Morgan fingerprint density at radius 2 is 2.04 bits per heavy atom. The van der Waals surface area contributed by atoms with Crippen LogP contribution < -0.4 is 14.8 Å². The van der Waals surface area contributed by atoms with Crippen LogP contribution in [0, 0.1) is 13.8 Å². The van der Waals surface area contributed by atoms with Gasteiger partial charge in [0.15, 0.2) is 6.61 Å². The highest BCUT2D eigenvalue weighted by Gasteiger charge is 2.34. The van der Waals surface area contributed by atoms with E-state index in [1.165, 1.54) is 0 Å². The fourth-order valence-electron chi connectivity index (χ4n) is 3.18. The predicted molar refractivity (Wildman–Crippen MR) is 106 cm³/mol.